The molecule has 0 saturated carbocycles. The summed E-state index contributed by atoms with van der Waals surface area (Å²) in [6.07, 6.45) is 0. The number of ether oxygens (including phenoxy) is 1. The number of quaternary nitrogens is 1. The normalized spacial score (nSPS) is 16.4. The third-order valence-electron chi connectivity index (χ3n) is 3.16. The lowest BCUT2D eigenvalue weighted by Crippen LogP contribution is -3.14. The van der Waals surface area contributed by atoms with Gasteiger partial charge in [0.2, 0.25) is 0 Å². The maximum absolute atomic E-state index is 5.37. The highest BCUT2D eigenvalue weighted by atomic mass is 35.5. The summed E-state index contributed by atoms with van der Waals surface area (Å²) >= 11 is 3.69. The number of nitrogens with one attached hydrogen (secondary N) is 1. The van der Waals surface area contributed by atoms with Crippen molar-refractivity contribution >= 4 is 33.3 Å². The molecule has 1 saturated heterocycles. The average molecular weight is 317 g/mol. The Hall–Kier alpha value is -0.330. The number of benzene rings is 1. The molecule has 2 aromatic rings. The highest BCUT2D eigenvalue weighted by molar-refractivity contribution is 8.01. The monoisotopic (exact) mass is 316 g/mol. The number of fused-ring (bicyclic) bond motifs is 1. The van der Waals surface area contributed by atoms with Crippen molar-refractivity contribution in [1.82, 2.24) is 4.98 Å². The van der Waals surface area contributed by atoms with Gasteiger partial charge in [0.05, 0.1) is 30.0 Å². The van der Waals surface area contributed by atoms with Crippen LogP contribution >= 0.6 is 23.1 Å². The number of nitrogens with zero attached hydrogens (tertiary/aromatic N) is 1. The first kappa shape index (κ1) is 15.1. The molecule has 0 bridgehead atoms. The highest BCUT2D eigenvalue weighted by Gasteiger charge is 2.13. The van der Waals surface area contributed by atoms with E-state index in [1.807, 2.05) is 17.8 Å². The Labute approximate surface area is 127 Å². The molecule has 3 rings (SSSR count). The number of halogens is 1. The van der Waals surface area contributed by atoms with Gasteiger partial charge >= 0.3 is 0 Å². The number of para-hydroxylation sites is 1. The summed E-state index contributed by atoms with van der Waals surface area (Å²) in [6.45, 7) is 5.35. The lowest BCUT2D eigenvalue weighted by atomic mass is 10.3. The van der Waals surface area contributed by atoms with Gasteiger partial charge in [-0.25, -0.2) is 4.98 Å². The molecule has 1 aliphatic rings. The molecule has 0 atom stereocenters. The van der Waals surface area contributed by atoms with Gasteiger partial charge in [0, 0.05) is 5.75 Å². The van der Waals surface area contributed by atoms with Crippen molar-refractivity contribution in [2.45, 2.75) is 4.34 Å². The fourth-order valence-corrected chi connectivity index (χ4v) is 4.29. The maximum atomic E-state index is 5.37. The Morgan fingerprint density at radius 1 is 1.26 bits per heavy atom. The van der Waals surface area contributed by atoms with Crippen LogP contribution in [0.25, 0.3) is 10.2 Å². The fourth-order valence-electron chi connectivity index (χ4n) is 2.11. The minimum absolute atomic E-state index is 0. The number of thioether (sulfide) groups is 1. The van der Waals surface area contributed by atoms with Crippen LogP contribution in [-0.2, 0) is 4.74 Å². The third kappa shape index (κ3) is 4.07. The van der Waals surface area contributed by atoms with Crippen molar-refractivity contribution in [3.05, 3.63) is 24.3 Å². The van der Waals surface area contributed by atoms with Crippen molar-refractivity contribution in [1.29, 1.82) is 0 Å². The van der Waals surface area contributed by atoms with Crippen LogP contribution in [0.15, 0.2) is 28.6 Å². The van der Waals surface area contributed by atoms with Crippen LogP contribution in [0.2, 0.25) is 0 Å². The molecule has 1 fully saturated rings. The van der Waals surface area contributed by atoms with Crippen molar-refractivity contribution < 1.29 is 22.0 Å². The van der Waals surface area contributed by atoms with Crippen molar-refractivity contribution in [2.75, 3.05) is 38.6 Å². The Kier molecular flexibility index (Phi) is 5.91. The van der Waals surface area contributed by atoms with E-state index in [2.05, 4.69) is 23.2 Å². The number of rotatable bonds is 4. The van der Waals surface area contributed by atoms with Crippen LogP contribution in [0.4, 0.5) is 0 Å². The summed E-state index contributed by atoms with van der Waals surface area (Å²) in [5, 5.41) is 0. The third-order valence-corrected chi connectivity index (χ3v) is 5.34. The van der Waals surface area contributed by atoms with Crippen LogP contribution in [0.1, 0.15) is 0 Å². The summed E-state index contributed by atoms with van der Waals surface area (Å²) < 4.78 is 7.85. The molecule has 0 radical (unpaired) electrons. The van der Waals surface area contributed by atoms with Gasteiger partial charge in [0.15, 0.2) is 4.34 Å². The average Bonchev–Trinajstić information content (AvgIpc) is 2.82. The first-order valence-electron chi connectivity index (χ1n) is 6.31. The zero-order chi connectivity index (χ0) is 12.2. The molecular weight excluding hydrogens is 300 g/mol. The Morgan fingerprint density at radius 2 is 2.05 bits per heavy atom. The molecule has 1 aliphatic heterocycles. The van der Waals surface area contributed by atoms with Gasteiger partial charge in [0.1, 0.15) is 13.1 Å². The van der Waals surface area contributed by atoms with Gasteiger partial charge in [-0.05, 0) is 12.1 Å². The van der Waals surface area contributed by atoms with Crippen LogP contribution in [0.3, 0.4) is 0 Å². The quantitative estimate of drug-likeness (QED) is 0.682. The van der Waals surface area contributed by atoms with Gasteiger partial charge in [-0.15, -0.1) is 11.3 Å². The van der Waals surface area contributed by atoms with Gasteiger partial charge in [-0.2, -0.15) is 0 Å². The molecule has 0 aliphatic carbocycles. The first-order chi connectivity index (χ1) is 8.92. The summed E-state index contributed by atoms with van der Waals surface area (Å²) in [5.74, 6) is 1.15. The number of hydrogen-bond acceptors (Lipinski definition) is 4. The van der Waals surface area contributed by atoms with Crippen molar-refractivity contribution in [3.8, 4) is 0 Å². The molecule has 0 spiro atoms. The molecule has 104 valence electrons. The molecule has 1 aromatic carbocycles. The first-order valence-corrected chi connectivity index (χ1v) is 8.12. The smallest absolute Gasteiger partial charge is 0.151 e. The molecule has 2 heterocycles. The lowest BCUT2D eigenvalue weighted by Gasteiger charge is -2.23. The largest absolute Gasteiger partial charge is 1.00 e. The zero-order valence-corrected chi connectivity index (χ0v) is 13.0. The molecule has 1 aromatic heterocycles. The van der Waals surface area contributed by atoms with Crippen molar-refractivity contribution in [2.24, 2.45) is 0 Å². The van der Waals surface area contributed by atoms with E-state index in [-0.39, 0.29) is 12.4 Å². The summed E-state index contributed by atoms with van der Waals surface area (Å²) in [6, 6.07) is 8.36. The van der Waals surface area contributed by atoms with E-state index in [0.717, 1.165) is 37.6 Å². The molecule has 0 amide bonds. The van der Waals surface area contributed by atoms with Crippen LogP contribution < -0.4 is 17.3 Å². The fraction of sp³-hybridized carbons (Fsp3) is 0.462. The predicted molar refractivity (Wildman–Crippen MR) is 76.7 cm³/mol. The highest BCUT2D eigenvalue weighted by Crippen LogP contribution is 2.28. The molecule has 1 N–H and O–H groups in total. The Morgan fingerprint density at radius 3 is 2.84 bits per heavy atom. The molecule has 3 nitrogen and oxygen atoms in total. The topological polar surface area (TPSA) is 26.6 Å². The van der Waals surface area contributed by atoms with Gasteiger partial charge in [0.25, 0.3) is 0 Å². The van der Waals surface area contributed by atoms with Gasteiger partial charge < -0.3 is 22.0 Å². The van der Waals surface area contributed by atoms with E-state index in [4.69, 9.17) is 4.74 Å². The van der Waals surface area contributed by atoms with Gasteiger partial charge in [-0.1, -0.05) is 23.9 Å². The molecule has 19 heavy (non-hydrogen) atoms. The van der Waals surface area contributed by atoms with E-state index in [1.54, 1.807) is 16.2 Å². The summed E-state index contributed by atoms with van der Waals surface area (Å²) in [4.78, 5) is 6.30. The van der Waals surface area contributed by atoms with Crippen LogP contribution in [0, 0.1) is 0 Å². The minimum atomic E-state index is 0. The SMILES string of the molecule is [Cl-].c1ccc2sc(SCC[NH+]3CCOCC3)nc2c1. The lowest BCUT2D eigenvalue weighted by molar-refractivity contribution is -0.905. The van der Waals surface area contributed by atoms with Crippen LogP contribution in [0.5, 0.6) is 0 Å². The Bertz CT molecular complexity index is 481. The zero-order valence-electron chi connectivity index (χ0n) is 10.6. The molecule has 6 heteroatoms. The van der Waals surface area contributed by atoms with E-state index in [1.165, 1.54) is 15.6 Å². The van der Waals surface area contributed by atoms with E-state index >= 15 is 0 Å². The molecule has 0 unspecified atom stereocenters. The Balaban J connectivity index is 0.00000133. The minimum Gasteiger partial charge on any atom is -1.00 e. The number of thiazole rings is 1. The number of hydrogen-bond donors (Lipinski definition) is 1. The number of aromatic nitrogens is 1. The molecular formula is C13H17ClN2OS2. The maximum Gasteiger partial charge on any atom is 0.151 e. The van der Waals surface area contributed by atoms with Crippen LogP contribution in [-0.4, -0.2) is 43.6 Å². The van der Waals surface area contributed by atoms with E-state index in [9.17, 15) is 0 Å². The van der Waals surface area contributed by atoms with Crippen molar-refractivity contribution in [3.63, 3.8) is 0 Å². The summed E-state index contributed by atoms with van der Waals surface area (Å²) in [7, 11) is 0. The predicted octanol–water partition coefficient (Wildman–Crippen LogP) is -1.69. The van der Waals surface area contributed by atoms with E-state index < -0.39 is 0 Å². The standard InChI is InChI=1S/C13H16N2OS2.ClH/c1-2-4-12-11(3-1)14-13(18-12)17-10-7-15-5-8-16-9-6-15;/h1-4H,5-10H2;1H. The second-order valence-corrected chi connectivity index (χ2v) is 6.78. The second-order valence-electron chi connectivity index (χ2n) is 4.41. The van der Waals surface area contributed by atoms with Gasteiger partial charge in [-0.3, -0.25) is 0 Å². The number of morpholine rings is 1. The van der Waals surface area contributed by atoms with E-state index in [0.29, 0.717) is 0 Å². The summed E-state index contributed by atoms with van der Waals surface area (Å²) in [5.41, 5.74) is 1.13. The second kappa shape index (κ2) is 7.45.